The number of phenolic OH excluding ortho intramolecular Hbond substituents is 1. The Balaban J connectivity index is 1.63. The number of aromatic hydroxyl groups is 1. The number of aryl methyl sites for hydroxylation is 1. The van der Waals surface area contributed by atoms with E-state index >= 15 is 0 Å². The number of para-hydroxylation sites is 2. The molecule has 0 saturated carbocycles. The summed E-state index contributed by atoms with van der Waals surface area (Å²) in [4.78, 5) is 29.2. The summed E-state index contributed by atoms with van der Waals surface area (Å²) in [6.07, 6.45) is 2.69. The predicted octanol–water partition coefficient (Wildman–Crippen LogP) is 4.70. The highest BCUT2D eigenvalue weighted by atomic mass is 35.5. The molecule has 0 aliphatic heterocycles. The molecule has 0 spiro atoms. The molecule has 0 fully saturated rings. The molecule has 2 aromatic heterocycles. The van der Waals surface area contributed by atoms with E-state index in [9.17, 15) is 14.7 Å². The maximum atomic E-state index is 12.8. The van der Waals surface area contributed by atoms with Crippen molar-refractivity contribution in [3.63, 3.8) is 0 Å². The number of urea groups is 1. The number of anilines is 3. The topological polar surface area (TPSA) is 144 Å². The van der Waals surface area contributed by atoms with E-state index in [-0.39, 0.29) is 34.4 Å². The van der Waals surface area contributed by atoms with Gasteiger partial charge < -0.3 is 26.2 Å². The van der Waals surface area contributed by atoms with Crippen LogP contribution in [0, 0.1) is 0 Å². The van der Waals surface area contributed by atoms with Crippen molar-refractivity contribution >= 4 is 34.7 Å². The van der Waals surface area contributed by atoms with Gasteiger partial charge in [-0.2, -0.15) is 5.10 Å². The first-order valence-corrected chi connectivity index (χ1v) is 10.9. The summed E-state index contributed by atoms with van der Waals surface area (Å²) in [5.41, 5.74) is 6.75. The molecule has 0 saturated heterocycles. The zero-order valence-electron chi connectivity index (χ0n) is 18.5. The number of nitrogens with two attached hydrogens (primary N) is 1. The number of benzene rings is 2. The molecule has 2 aromatic carbocycles. The van der Waals surface area contributed by atoms with Crippen LogP contribution in [-0.4, -0.2) is 25.9 Å². The molecule has 5 N–H and O–H groups in total. The van der Waals surface area contributed by atoms with Crippen LogP contribution in [0.3, 0.4) is 0 Å². The van der Waals surface area contributed by atoms with Crippen LogP contribution < -0.4 is 26.7 Å². The normalized spacial score (nSPS) is 10.6. The van der Waals surface area contributed by atoms with Crippen molar-refractivity contribution in [2.45, 2.75) is 13.5 Å². The summed E-state index contributed by atoms with van der Waals surface area (Å²) >= 11 is 6.06. The number of rotatable bonds is 6. The molecule has 11 heteroatoms. The lowest BCUT2D eigenvalue weighted by Gasteiger charge is -2.13. The average molecular weight is 493 g/mol. The maximum Gasteiger partial charge on any atom is 0.323 e. The fourth-order valence-electron chi connectivity index (χ4n) is 3.23. The van der Waals surface area contributed by atoms with Crippen molar-refractivity contribution in [1.29, 1.82) is 0 Å². The summed E-state index contributed by atoms with van der Waals surface area (Å²) in [7, 11) is 0. The molecule has 4 aromatic rings. The average Bonchev–Trinajstić information content (AvgIpc) is 2.84. The highest BCUT2D eigenvalue weighted by molar-refractivity contribution is 6.34. The summed E-state index contributed by atoms with van der Waals surface area (Å²) in [6, 6.07) is 14.3. The van der Waals surface area contributed by atoms with E-state index in [2.05, 4.69) is 20.7 Å². The Morgan fingerprint density at radius 2 is 1.94 bits per heavy atom. The van der Waals surface area contributed by atoms with E-state index in [1.54, 1.807) is 49.4 Å². The number of nitrogen functional groups attached to an aromatic ring is 1. The number of nitrogens with one attached hydrogen (secondary N) is 2. The Kier molecular flexibility index (Phi) is 6.83. The molecular formula is C24H21ClN6O4. The highest BCUT2D eigenvalue weighted by Gasteiger charge is 2.15. The van der Waals surface area contributed by atoms with E-state index in [0.717, 1.165) is 0 Å². The number of halogens is 1. The maximum absolute atomic E-state index is 12.8. The lowest BCUT2D eigenvalue weighted by atomic mass is 10.1. The molecule has 0 aliphatic rings. The minimum atomic E-state index is -0.710. The van der Waals surface area contributed by atoms with Crippen molar-refractivity contribution in [2.24, 2.45) is 0 Å². The standard InChI is InChI=1S/C24H21ClN6O4/c1-2-31-23(33)19(28-24(34)29-22-16(25)12-27-13-17(22)26)11-18(30-31)14-6-5-7-15(10-14)35-21-9-4-3-8-20(21)32/h3-13,32H,2,26H2,1H3,(H2,27,28,29,34). The molecule has 2 amide bonds. The van der Waals surface area contributed by atoms with Crippen LogP contribution in [-0.2, 0) is 6.54 Å². The second-order valence-electron chi connectivity index (χ2n) is 7.33. The first-order chi connectivity index (χ1) is 16.9. The lowest BCUT2D eigenvalue weighted by molar-refractivity contribution is 0.262. The minimum Gasteiger partial charge on any atom is -0.504 e. The molecule has 0 aliphatic carbocycles. The Morgan fingerprint density at radius 3 is 2.69 bits per heavy atom. The zero-order chi connectivity index (χ0) is 24.9. The van der Waals surface area contributed by atoms with Crippen LogP contribution in [0.2, 0.25) is 5.02 Å². The third kappa shape index (κ3) is 5.33. The molecule has 35 heavy (non-hydrogen) atoms. The number of nitrogens with zero attached hydrogens (tertiary/aromatic N) is 3. The van der Waals surface area contributed by atoms with Gasteiger partial charge in [0.2, 0.25) is 0 Å². The summed E-state index contributed by atoms with van der Waals surface area (Å²) < 4.78 is 7.01. The number of aromatic nitrogens is 3. The number of hydrogen-bond acceptors (Lipinski definition) is 7. The van der Waals surface area contributed by atoms with Crippen molar-refractivity contribution < 1.29 is 14.6 Å². The van der Waals surface area contributed by atoms with Crippen LogP contribution in [0.1, 0.15) is 6.92 Å². The van der Waals surface area contributed by atoms with Gasteiger partial charge in [0.05, 0.1) is 28.3 Å². The molecule has 2 heterocycles. The van der Waals surface area contributed by atoms with E-state index in [1.165, 1.54) is 29.2 Å². The van der Waals surface area contributed by atoms with Gasteiger partial charge in [0.15, 0.2) is 11.5 Å². The number of carbonyl (C=O) groups is 1. The SMILES string of the molecule is CCn1nc(-c2cccc(Oc3ccccc3O)c2)cc(NC(=O)Nc2c(N)cncc2Cl)c1=O. The fraction of sp³-hybridized carbons (Fsp3) is 0.0833. The van der Waals surface area contributed by atoms with Gasteiger partial charge in [0.1, 0.15) is 11.4 Å². The monoisotopic (exact) mass is 492 g/mol. The van der Waals surface area contributed by atoms with Crippen molar-refractivity contribution in [3.8, 4) is 28.5 Å². The largest absolute Gasteiger partial charge is 0.504 e. The van der Waals surface area contributed by atoms with Gasteiger partial charge in [-0.25, -0.2) is 9.48 Å². The summed E-state index contributed by atoms with van der Waals surface area (Å²) in [5, 5.41) is 19.6. The lowest BCUT2D eigenvalue weighted by Crippen LogP contribution is -2.30. The Bertz CT molecular complexity index is 1440. The van der Waals surface area contributed by atoms with Crippen molar-refractivity contribution in [1.82, 2.24) is 14.8 Å². The molecular weight excluding hydrogens is 472 g/mol. The second kappa shape index (κ2) is 10.1. The van der Waals surface area contributed by atoms with Gasteiger partial charge >= 0.3 is 6.03 Å². The van der Waals surface area contributed by atoms with Gasteiger partial charge in [0, 0.05) is 18.3 Å². The van der Waals surface area contributed by atoms with E-state index in [1.807, 2.05) is 0 Å². The van der Waals surface area contributed by atoms with Crippen molar-refractivity contribution in [2.75, 3.05) is 16.4 Å². The smallest absolute Gasteiger partial charge is 0.323 e. The van der Waals surface area contributed by atoms with Crippen molar-refractivity contribution in [3.05, 3.63) is 82.4 Å². The number of ether oxygens (including phenoxy) is 1. The highest BCUT2D eigenvalue weighted by Crippen LogP contribution is 2.32. The quantitative estimate of drug-likeness (QED) is 0.305. The van der Waals surface area contributed by atoms with Gasteiger partial charge in [-0.15, -0.1) is 0 Å². The van der Waals surface area contributed by atoms with Gasteiger partial charge in [0.25, 0.3) is 5.56 Å². The predicted molar refractivity (Wildman–Crippen MR) is 134 cm³/mol. The Labute approximate surface area is 205 Å². The molecule has 0 bridgehead atoms. The molecule has 0 atom stereocenters. The Morgan fingerprint density at radius 1 is 1.14 bits per heavy atom. The number of amides is 2. The van der Waals surface area contributed by atoms with Crippen LogP contribution >= 0.6 is 11.6 Å². The number of carbonyl (C=O) groups excluding carboxylic acids is 1. The second-order valence-corrected chi connectivity index (χ2v) is 7.73. The molecule has 0 radical (unpaired) electrons. The molecule has 178 valence electrons. The van der Waals surface area contributed by atoms with Crippen LogP contribution in [0.15, 0.2) is 71.8 Å². The summed E-state index contributed by atoms with van der Waals surface area (Å²) in [5.74, 6) is 0.752. The van der Waals surface area contributed by atoms with Gasteiger partial charge in [-0.05, 0) is 37.3 Å². The van der Waals surface area contributed by atoms with Gasteiger partial charge in [-0.1, -0.05) is 35.9 Å². The minimum absolute atomic E-state index is 0.00277. The number of pyridine rings is 1. The first-order valence-electron chi connectivity index (χ1n) is 10.5. The molecule has 4 rings (SSSR count). The summed E-state index contributed by atoms with van der Waals surface area (Å²) in [6.45, 7) is 2.04. The Hall–Kier alpha value is -4.57. The fourth-order valence-corrected chi connectivity index (χ4v) is 3.44. The van der Waals surface area contributed by atoms with Crippen LogP contribution in [0.5, 0.6) is 17.2 Å². The number of hydrogen-bond donors (Lipinski definition) is 4. The van der Waals surface area contributed by atoms with E-state index in [0.29, 0.717) is 22.8 Å². The van der Waals surface area contributed by atoms with E-state index in [4.69, 9.17) is 22.1 Å². The number of phenols is 1. The molecule has 0 unspecified atom stereocenters. The van der Waals surface area contributed by atoms with E-state index < -0.39 is 11.6 Å². The third-order valence-corrected chi connectivity index (χ3v) is 5.20. The van der Waals surface area contributed by atoms with Gasteiger partial charge in [-0.3, -0.25) is 9.78 Å². The van der Waals surface area contributed by atoms with Crippen LogP contribution in [0.25, 0.3) is 11.3 Å². The molecule has 10 nitrogen and oxygen atoms in total. The van der Waals surface area contributed by atoms with Crippen LogP contribution in [0.4, 0.5) is 21.9 Å². The first kappa shape index (κ1) is 23.6. The zero-order valence-corrected chi connectivity index (χ0v) is 19.3. The third-order valence-electron chi connectivity index (χ3n) is 4.91.